The van der Waals surface area contributed by atoms with Gasteiger partial charge in [-0.15, -0.1) is 5.10 Å². The highest BCUT2D eigenvalue weighted by Crippen LogP contribution is 2.30. The van der Waals surface area contributed by atoms with Gasteiger partial charge in [-0.05, 0) is 24.1 Å². The molecule has 118 valence electrons. The molecule has 0 N–H and O–H groups in total. The Morgan fingerprint density at radius 1 is 1.13 bits per heavy atom. The van der Waals surface area contributed by atoms with Crippen LogP contribution in [0, 0.1) is 0 Å². The number of hydrogen-bond acceptors (Lipinski definition) is 3. The standard InChI is InChI=1S/C18H17BrN2O2/c1-13(22)21-18(15-8-10-16(19)11-9-15)23-17(20-21)12-7-14-5-3-2-4-6-14/h2-6,8-11,18H,7,12H2,1H3/t18-/m0/s1. The van der Waals surface area contributed by atoms with E-state index in [-0.39, 0.29) is 5.91 Å². The molecule has 1 amide bonds. The molecule has 1 aliphatic heterocycles. The molecule has 0 saturated heterocycles. The van der Waals surface area contributed by atoms with Gasteiger partial charge in [0.05, 0.1) is 0 Å². The summed E-state index contributed by atoms with van der Waals surface area (Å²) < 4.78 is 6.91. The highest BCUT2D eigenvalue weighted by atomic mass is 79.9. The lowest BCUT2D eigenvalue weighted by Crippen LogP contribution is -2.25. The number of amides is 1. The summed E-state index contributed by atoms with van der Waals surface area (Å²) in [5.74, 6) is 0.463. The SMILES string of the molecule is CC(=O)N1N=C(CCc2ccccc2)O[C@H]1c1ccc(Br)cc1. The minimum absolute atomic E-state index is 0.132. The Labute approximate surface area is 143 Å². The van der Waals surface area contributed by atoms with Crippen molar-refractivity contribution in [2.75, 3.05) is 0 Å². The van der Waals surface area contributed by atoms with Crippen molar-refractivity contribution in [3.63, 3.8) is 0 Å². The fourth-order valence-electron chi connectivity index (χ4n) is 2.45. The predicted octanol–water partition coefficient (Wildman–Crippen LogP) is 4.27. The van der Waals surface area contributed by atoms with Crippen molar-refractivity contribution in [1.82, 2.24) is 5.01 Å². The van der Waals surface area contributed by atoms with Crippen LogP contribution in [0.4, 0.5) is 0 Å². The molecule has 0 fully saturated rings. The molecule has 0 unspecified atom stereocenters. The van der Waals surface area contributed by atoms with Crippen molar-refractivity contribution < 1.29 is 9.53 Å². The topological polar surface area (TPSA) is 41.9 Å². The second kappa shape index (κ2) is 6.96. The van der Waals surface area contributed by atoms with Crippen molar-refractivity contribution in [3.8, 4) is 0 Å². The number of ether oxygens (including phenoxy) is 1. The van der Waals surface area contributed by atoms with E-state index in [1.165, 1.54) is 17.5 Å². The van der Waals surface area contributed by atoms with E-state index in [1.807, 2.05) is 42.5 Å². The van der Waals surface area contributed by atoms with Crippen molar-refractivity contribution in [2.45, 2.75) is 26.0 Å². The molecule has 0 spiro atoms. The van der Waals surface area contributed by atoms with Gasteiger partial charge in [0.25, 0.3) is 0 Å². The van der Waals surface area contributed by atoms with Gasteiger partial charge in [-0.25, -0.2) is 0 Å². The highest BCUT2D eigenvalue weighted by Gasteiger charge is 2.31. The lowest BCUT2D eigenvalue weighted by atomic mass is 10.1. The first-order chi connectivity index (χ1) is 11.1. The molecule has 2 aromatic rings. The molecule has 1 heterocycles. The average Bonchev–Trinajstić information content (AvgIpc) is 2.99. The Morgan fingerprint density at radius 2 is 1.83 bits per heavy atom. The zero-order chi connectivity index (χ0) is 16.2. The van der Waals surface area contributed by atoms with E-state index in [1.54, 1.807) is 0 Å². The number of hydrogen-bond donors (Lipinski definition) is 0. The number of carbonyl (C=O) groups excluding carboxylic acids is 1. The largest absolute Gasteiger partial charge is 0.449 e. The van der Waals surface area contributed by atoms with E-state index < -0.39 is 6.23 Å². The van der Waals surface area contributed by atoms with Crippen molar-refractivity contribution in [1.29, 1.82) is 0 Å². The summed E-state index contributed by atoms with van der Waals surface area (Å²) >= 11 is 3.41. The molecule has 5 heteroatoms. The first kappa shape index (κ1) is 15.7. The van der Waals surface area contributed by atoms with Gasteiger partial charge in [0.15, 0.2) is 0 Å². The molecule has 0 bridgehead atoms. The van der Waals surface area contributed by atoms with Crippen LogP contribution in [0.3, 0.4) is 0 Å². The van der Waals surface area contributed by atoms with Gasteiger partial charge in [-0.2, -0.15) is 5.01 Å². The number of halogens is 1. The van der Waals surface area contributed by atoms with Gasteiger partial charge in [0.2, 0.25) is 18.0 Å². The van der Waals surface area contributed by atoms with Crippen LogP contribution in [0.5, 0.6) is 0 Å². The maximum Gasteiger partial charge on any atom is 0.243 e. The number of aryl methyl sites for hydroxylation is 1. The van der Waals surface area contributed by atoms with E-state index >= 15 is 0 Å². The maximum absolute atomic E-state index is 11.8. The number of hydrazone groups is 1. The molecule has 2 aromatic carbocycles. The summed E-state index contributed by atoms with van der Waals surface area (Å²) in [5.41, 5.74) is 2.13. The smallest absolute Gasteiger partial charge is 0.243 e. The summed E-state index contributed by atoms with van der Waals surface area (Å²) in [6.45, 7) is 1.50. The van der Waals surface area contributed by atoms with E-state index in [2.05, 4.69) is 33.2 Å². The molecule has 4 nitrogen and oxygen atoms in total. The lowest BCUT2D eigenvalue weighted by molar-refractivity contribution is -0.135. The lowest BCUT2D eigenvalue weighted by Gasteiger charge is -2.19. The second-order valence-electron chi connectivity index (χ2n) is 5.36. The Bertz CT molecular complexity index is 714. The van der Waals surface area contributed by atoms with Gasteiger partial charge in [0.1, 0.15) is 0 Å². The van der Waals surface area contributed by atoms with Crippen LogP contribution in [-0.4, -0.2) is 16.8 Å². The van der Waals surface area contributed by atoms with Gasteiger partial charge in [-0.3, -0.25) is 4.79 Å². The maximum atomic E-state index is 11.8. The van der Waals surface area contributed by atoms with E-state index in [4.69, 9.17) is 4.74 Å². The first-order valence-corrected chi connectivity index (χ1v) is 8.26. The van der Waals surface area contributed by atoms with E-state index in [9.17, 15) is 4.79 Å². The Hall–Kier alpha value is -2.14. The van der Waals surface area contributed by atoms with Crippen molar-refractivity contribution in [3.05, 3.63) is 70.2 Å². The van der Waals surface area contributed by atoms with Crippen LogP contribution < -0.4 is 0 Å². The molecule has 3 rings (SSSR count). The number of rotatable bonds is 4. The minimum Gasteiger partial charge on any atom is -0.449 e. The van der Waals surface area contributed by atoms with Gasteiger partial charge >= 0.3 is 0 Å². The van der Waals surface area contributed by atoms with Crippen molar-refractivity contribution >= 4 is 27.7 Å². The summed E-state index contributed by atoms with van der Waals surface area (Å²) in [5, 5.41) is 5.76. The molecular formula is C18H17BrN2O2. The fourth-order valence-corrected chi connectivity index (χ4v) is 2.72. The highest BCUT2D eigenvalue weighted by molar-refractivity contribution is 9.10. The summed E-state index contributed by atoms with van der Waals surface area (Å²) in [6.07, 6.45) is 1.02. The predicted molar refractivity (Wildman–Crippen MR) is 92.7 cm³/mol. The van der Waals surface area contributed by atoms with Gasteiger partial charge < -0.3 is 4.74 Å². The summed E-state index contributed by atoms with van der Waals surface area (Å²) in [6, 6.07) is 17.9. The zero-order valence-corrected chi connectivity index (χ0v) is 14.4. The average molecular weight is 373 g/mol. The van der Waals surface area contributed by atoms with E-state index in [0.29, 0.717) is 12.3 Å². The second-order valence-corrected chi connectivity index (χ2v) is 6.28. The van der Waals surface area contributed by atoms with Gasteiger partial charge in [0, 0.05) is 23.4 Å². The normalized spacial score (nSPS) is 16.9. The zero-order valence-electron chi connectivity index (χ0n) is 12.8. The van der Waals surface area contributed by atoms with Crippen molar-refractivity contribution in [2.24, 2.45) is 5.10 Å². The molecule has 1 aliphatic rings. The summed E-state index contributed by atoms with van der Waals surface area (Å²) in [4.78, 5) is 11.8. The van der Waals surface area contributed by atoms with Crippen LogP contribution >= 0.6 is 15.9 Å². The molecule has 0 aliphatic carbocycles. The fraction of sp³-hybridized carbons (Fsp3) is 0.222. The number of carbonyl (C=O) groups is 1. The Morgan fingerprint density at radius 3 is 2.48 bits per heavy atom. The van der Waals surface area contributed by atoms with Crippen LogP contribution in [0.1, 0.15) is 30.7 Å². The van der Waals surface area contributed by atoms with E-state index in [0.717, 1.165) is 16.5 Å². The number of benzene rings is 2. The Balaban J connectivity index is 1.72. The monoisotopic (exact) mass is 372 g/mol. The molecule has 0 saturated carbocycles. The van der Waals surface area contributed by atoms with Crippen LogP contribution in [0.15, 0.2) is 64.2 Å². The van der Waals surface area contributed by atoms with Crippen LogP contribution in [-0.2, 0) is 16.0 Å². The first-order valence-electron chi connectivity index (χ1n) is 7.47. The molecule has 23 heavy (non-hydrogen) atoms. The number of nitrogens with zero attached hydrogens (tertiary/aromatic N) is 2. The quantitative estimate of drug-likeness (QED) is 0.803. The molecule has 0 radical (unpaired) electrons. The third-order valence-corrected chi connectivity index (χ3v) is 4.17. The van der Waals surface area contributed by atoms with Crippen LogP contribution in [0.25, 0.3) is 0 Å². The Kier molecular flexibility index (Phi) is 4.76. The van der Waals surface area contributed by atoms with Gasteiger partial charge in [-0.1, -0.05) is 58.4 Å². The minimum atomic E-state index is -0.480. The third kappa shape index (κ3) is 3.79. The molecule has 0 aromatic heterocycles. The summed E-state index contributed by atoms with van der Waals surface area (Å²) in [7, 11) is 0. The third-order valence-electron chi connectivity index (χ3n) is 3.64. The molecular weight excluding hydrogens is 356 g/mol. The molecule has 1 atom stereocenters. The van der Waals surface area contributed by atoms with Crippen LogP contribution in [0.2, 0.25) is 0 Å².